The average Bonchev–Trinajstić information content (AvgIpc) is 2.65. The van der Waals surface area contributed by atoms with Crippen LogP contribution in [-0.2, 0) is 4.79 Å². The lowest BCUT2D eigenvalue weighted by Gasteiger charge is -2.23. The molecule has 2 rings (SSSR count). The fourth-order valence-electron chi connectivity index (χ4n) is 2.55. The number of benzene rings is 2. The Morgan fingerprint density at radius 2 is 1.59 bits per heavy atom. The Morgan fingerprint density at radius 3 is 2.14 bits per heavy atom. The summed E-state index contributed by atoms with van der Waals surface area (Å²) < 4.78 is 1.18. The van der Waals surface area contributed by atoms with Crippen molar-refractivity contribution in [3.8, 4) is 0 Å². The average molecular weight is 436 g/mol. The first-order valence-corrected chi connectivity index (χ1v) is 9.78. The summed E-state index contributed by atoms with van der Waals surface area (Å²) in [6.07, 6.45) is 0. The van der Waals surface area contributed by atoms with E-state index >= 15 is 0 Å². The Labute approximate surface area is 182 Å². The van der Waals surface area contributed by atoms with Crippen LogP contribution in [0.1, 0.15) is 6.92 Å². The number of amides is 3. The van der Waals surface area contributed by atoms with Crippen LogP contribution in [0.25, 0.3) is 0 Å². The van der Waals surface area contributed by atoms with Crippen molar-refractivity contribution in [3.05, 3.63) is 47.5 Å². The van der Waals surface area contributed by atoms with E-state index in [1.807, 2.05) is 27.2 Å². The molecule has 0 heterocycles. The van der Waals surface area contributed by atoms with Crippen molar-refractivity contribution < 1.29 is 9.59 Å². The summed E-state index contributed by atoms with van der Waals surface area (Å²) in [5, 5.41) is 6.00. The molecule has 7 nitrogen and oxygen atoms in total. The number of anilines is 4. The molecular weight excluding hydrogens is 410 g/mol. The van der Waals surface area contributed by atoms with Gasteiger partial charge in [0.25, 0.3) is 0 Å². The SMILES string of the molecule is CC(=O)Nc1ccc(N(S)C(=O)Nc2ccc(N(C)CCN(C)C)c(Cl)c2)cc1. The third-order valence-electron chi connectivity index (χ3n) is 4.12. The number of hydrogen-bond donors (Lipinski definition) is 3. The van der Waals surface area contributed by atoms with Crippen molar-refractivity contribution >= 4 is 59.1 Å². The van der Waals surface area contributed by atoms with Crippen LogP contribution in [0.2, 0.25) is 5.02 Å². The number of carbonyl (C=O) groups excluding carboxylic acids is 2. The fraction of sp³-hybridized carbons (Fsp3) is 0.300. The standard InChI is InChI=1S/C20H26ClN5O2S/c1-14(27)22-15-5-8-17(9-6-15)26(29)20(28)23-16-7-10-19(18(21)13-16)25(4)12-11-24(2)3/h5-10,13,29H,11-12H2,1-4H3,(H,22,27)(H,23,28). The highest BCUT2D eigenvalue weighted by Crippen LogP contribution is 2.29. The summed E-state index contributed by atoms with van der Waals surface area (Å²) in [6.45, 7) is 3.17. The van der Waals surface area contributed by atoms with Gasteiger partial charge in [0, 0.05) is 38.4 Å². The molecule has 0 fully saturated rings. The molecule has 156 valence electrons. The Hall–Kier alpha value is -2.42. The second kappa shape index (κ2) is 10.4. The van der Waals surface area contributed by atoms with Crippen molar-refractivity contribution in [1.82, 2.24) is 4.90 Å². The van der Waals surface area contributed by atoms with Crippen molar-refractivity contribution in [2.75, 3.05) is 54.1 Å². The molecule has 0 saturated carbocycles. The van der Waals surface area contributed by atoms with E-state index in [-0.39, 0.29) is 5.91 Å². The highest BCUT2D eigenvalue weighted by molar-refractivity contribution is 7.82. The van der Waals surface area contributed by atoms with E-state index in [1.165, 1.54) is 11.2 Å². The van der Waals surface area contributed by atoms with Crippen LogP contribution in [0.4, 0.5) is 27.5 Å². The topological polar surface area (TPSA) is 67.9 Å². The molecule has 0 aliphatic rings. The molecule has 0 spiro atoms. The summed E-state index contributed by atoms with van der Waals surface area (Å²) in [4.78, 5) is 27.7. The molecule has 3 amide bonds. The zero-order valence-corrected chi connectivity index (χ0v) is 18.6. The van der Waals surface area contributed by atoms with E-state index in [4.69, 9.17) is 11.6 Å². The molecule has 0 aliphatic heterocycles. The highest BCUT2D eigenvalue weighted by Gasteiger charge is 2.14. The van der Waals surface area contributed by atoms with Gasteiger partial charge in [-0.2, -0.15) is 0 Å². The molecular formula is C20H26ClN5O2S. The zero-order chi connectivity index (χ0) is 21.6. The van der Waals surface area contributed by atoms with Gasteiger partial charge in [-0.05, 0) is 56.6 Å². The van der Waals surface area contributed by atoms with E-state index in [0.717, 1.165) is 18.8 Å². The minimum absolute atomic E-state index is 0.161. The van der Waals surface area contributed by atoms with E-state index in [0.29, 0.717) is 22.1 Å². The second-order valence-electron chi connectivity index (χ2n) is 6.86. The summed E-state index contributed by atoms with van der Waals surface area (Å²) in [5.74, 6) is -0.161. The predicted molar refractivity (Wildman–Crippen MR) is 125 cm³/mol. The van der Waals surface area contributed by atoms with Crippen LogP contribution in [0.15, 0.2) is 42.5 Å². The van der Waals surface area contributed by atoms with Gasteiger partial charge in [0.15, 0.2) is 0 Å². The normalized spacial score (nSPS) is 10.6. The van der Waals surface area contributed by atoms with Crippen molar-refractivity contribution in [3.63, 3.8) is 0 Å². The number of nitrogens with zero attached hydrogens (tertiary/aromatic N) is 3. The molecule has 9 heteroatoms. The minimum atomic E-state index is -0.426. The zero-order valence-electron chi connectivity index (χ0n) is 16.9. The third kappa shape index (κ3) is 6.85. The van der Waals surface area contributed by atoms with Crippen LogP contribution in [0.5, 0.6) is 0 Å². The molecule has 2 aromatic rings. The molecule has 29 heavy (non-hydrogen) atoms. The smallest absolute Gasteiger partial charge is 0.336 e. The van der Waals surface area contributed by atoms with Crippen molar-refractivity contribution in [1.29, 1.82) is 0 Å². The van der Waals surface area contributed by atoms with Crippen molar-refractivity contribution in [2.45, 2.75) is 6.92 Å². The Morgan fingerprint density at radius 1 is 0.966 bits per heavy atom. The number of likely N-dealkylation sites (N-methyl/N-ethyl adjacent to an activating group) is 2. The Kier molecular flexibility index (Phi) is 8.19. The Bertz CT molecular complexity index is 860. The molecule has 0 aromatic heterocycles. The minimum Gasteiger partial charge on any atom is -0.372 e. The lowest BCUT2D eigenvalue weighted by atomic mass is 10.2. The van der Waals surface area contributed by atoms with Gasteiger partial charge in [-0.15, -0.1) is 0 Å². The number of nitrogens with one attached hydrogen (secondary N) is 2. The van der Waals surface area contributed by atoms with Crippen LogP contribution >= 0.6 is 24.4 Å². The van der Waals surface area contributed by atoms with E-state index in [2.05, 4.69) is 33.2 Å². The van der Waals surface area contributed by atoms with Gasteiger partial charge in [0.2, 0.25) is 5.91 Å². The lowest BCUT2D eigenvalue weighted by molar-refractivity contribution is -0.114. The van der Waals surface area contributed by atoms with Gasteiger partial charge in [-0.3, -0.25) is 4.79 Å². The summed E-state index contributed by atoms with van der Waals surface area (Å²) in [7, 11) is 6.01. The fourth-order valence-corrected chi connectivity index (χ4v) is 3.06. The molecule has 0 atom stereocenters. The maximum atomic E-state index is 12.5. The number of halogens is 1. The van der Waals surface area contributed by atoms with Crippen LogP contribution in [-0.4, -0.2) is 51.1 Å². The van der Waals surface area contributed by atoms with Gasteiger partial charge >= 0.3 is 6.03 Å². The molecule has 0 aliphatic carbocycles. The summed E-state index contributed by atoms with van der Waals surface area (Å²) >= 11 is 10.7. The third-order valence-corrected chi connectivity index (χ3v) is 4.83. The summed E-state index contributed by atoms with van der Waals surface area (Å²) in [5.41, 5.74) is 2.66. The van der Waals surface area contributed by atoms with E-state index < -0.39 is 6.03 Å². The van der Waals surface area contributed by atoms with E-state index in [9.17, 15) is 9.59 Å². The molecule has 0 saturated heterocycles. The van der Waals surface area contributed by atoms with Crippen LogP contribution in [0.3, 0.4) is 0 Å². The summed E-state index contributed by atoms with van der Waals surface area (Å²) in [6, 6.07) is 11.7. The first-order chi connectivity index (χ1) is 13.7. The first-order valence-electron chi connectivity index (χ1n) is 9.00. The van der Waals surface area contributed by atoms with Gasteiger partial charge in [0.05, 0.1) is 16.4 Å². The molecule has 0 radical (unpaired) electrons. The molecule has 0 bridgehead atoms. The number of rotatable bonds is 7. The maximum Gasteiger partial charge on any atom is 0.336 e. The Balaban J connectivity index is 2.02. The van der Waals surface area contributed by atoms with Crippen LogP contribution in [0, 0.1) is 0 Å². The predicted octanol–water partition coefficient (Wildman–Crippen LogP) is 4.18. The first kappa shape index (κ1) is 22.9. The monoisotopic (exact) mass is 435 g/mol. The maximum absolute atomic E-state index is 12.5. The van der Waals surface area contributed by atoms with Gasteiger partial charge in [-0.1, -0.05) is 24.4 Å². The van der Waals surface area contributed by atoms with Crippen LogP contribution < -0.4 is 19.8 Å². The molecule has 2 aromatic carbocycles. The number of carbonyl (C=O) groups is 2. The van der Waals surface area contributed by atoms with E-state index in [1.54, 1.807) is 36.4 Å². The number of urea groups is 1. The number of hydrogen-bond acceptors (Lipinski definition) is 5. The molecule has 2 N–H and O–H groups in total. The van der Waals surface area contributed by atoms with Gasteiger partial charge in [0.1, 0.15) is 0 Å². The number of thiol groups is 1. The van der Waals surface area contributed by atoms with Gasteiger partial charge in [-0.25, -0.2) is 9.10 Å². The molecule has 0 unspecified atom stereocenters. The second-order valence-corrected chi connectivity index (χ2v) is 7.67. The quantitative estimate of drug-likeness (QED) is 0.571. The van der Waals surface area contributed by atoms with Gasteiger partial charge < -0.3 is 20.4 Å². The highest BCUT2D eigenvalue weighted by atomic mass is 35.5. The lowest BCUT2D eigenvalue weighted by Crippen LogP contribution is -2.29. The largest absolute Gasteiger partial charge is 0.372 e. The van der Waals surface area contributed by atoms with Crippen molar-refractivity contribution in [2.24, 2.45) is 0 Å².